The standard InChI is InChI=1S/C16H21N5/c1-3-13-8-6-7-12(2)15(13)18-14-11-17-20-16(19-14)21-9-4-5-10-21/h6-8,11H,3-5,9-10H2,1-2H3,(H,18,19,20). The zero-order valence-corrected chi connectivity index (χ0v) is 12.6. The quantitative estimate of drug-likeness (QED) is 0.934. The molecule has 1 aliphatic rings. The molecule has 0 bridgehead atoms. The summed E-state index contributed by atoms with van der Waals surface area (Å²) < 4.78 is 0. The summed E-state index contributed by atoms with van der Waals surface area (Å²) in [5.74, 6) is 1.49. The molecule has 0 spiro atoms. The zero-order valence-electron chi connectivity index (χ0n) is 12.6. The monoisotopic (exact) mass is 283 g/mol. The van der Waals surface area contributed by atoms with Crippen molar-refractivity contribution in [2.24, 2.45) is 0 Å². The number of benzene rings is 1. The molecule has 2 aromatic rings. The fraction of sp³-hybridized carbons (Fsp3) is 0.438. The van der Waals surface area contributed by atoms with Crippen LogP contribution in [-0.2, 0) is 6.42 Å². The summed E-state index contributed by atoms with van der Waals surface area (Å²) in [7, 11) is 0. The van der Waals surface area contributed by atoms with Crippen molar-refractivity contribution in [3.8, 4) is 0 Å². The van der Waals surface area contributed by atoms with Crippen molar-refractivity contribution in [2.45, 2.75) is 33.1 Å². The fourth-order valence-corrected chi connectivity index (χ4v) is 2.74. The predicted octanol–water partition coefficient (Wildman–Crippen LogP) is 3.09. The molecule has 2 heterocycles. The highest BCUT2D eigenvalue weighted by Gasteiger charge is 2.16. The largest absolute Gasteiger partial charge is 0.339 e. The van der Waals surface area contributed by atoms with E-state index in [0.29, 0.717) is 0 Å². The minimum atomic E-state index is 0.726. The summed E-state index contributed by atoms with van der Waals surface area (Å²) in [6, 6.07) is 6.34. The van der Waals surface area contributed by atoms with Gasteiger partial charge >= 0.3 is 0 Å². The molecule has 0 saturated carbocycles. The van der Waals surface area contributed by atoms with E-state index in [1.54, 1.807) is 6.20 Å². The SMILES string of the molecule is CCc1cccc(C)c1Nc1cnnc(N2CCCC2)n1. The van der Waals surface area contributed by atoms with Gasteiger partial charge in [-0.05, 0) is 37.3 Å². The van der Waals surface area contributed by atoms with Gasteiger partial charge in [-0.25, -0.2) is 0 Å². The Hall–Kier alpha value is -2.17. The predicted molar refractivity (Wildman–Crippen MR) is 85.1 cm³/mol. The molecule has 0 unspecified atom stereocenters. The van der Waals surface area contributed by atoms with Crippen LogP contribution in [0.5, 0.6) is 0 Å². The lowest BCUT2D eigenvalue weighted by Crippen LogP contribution is -2.21. The average Bonchev–Trinajstić information content (AvgIpc) is 3.04. The number of rotatable bonds is 4. The Bertz CT molecular complexity index is 620. The maximum atomic E-state index is 4.61. The summed E-state index contributed by atoms with van der Waals surface area (Å²) in [6.07, 6.45) is 5.09. The Morgan fingerprint density at radius 2 is 2.05 bits per heavy atom. The molecular formula is C16H21N5. The molecule has 5 nitrogen and oxygen atoms in total. The van der Waals surface area contributed by atoms with Gasteiger partial charge in [0.1, 0.15) is 0 Å². The van der Waals surface area contributed by atoms with E-state index < -0.39 is 0 Å². The Morgan fingerprint density at radius 3 is 2.81 bits per heavy atom. The van der Waals surface area contributed by atoms with Gasteiger partial charge in [0, 0.05) is 18.8 Å². The second kappa shape index (κ2) is 6.08. The summed E-state index contributed by atoms with van der Waals surface area (Å²) >= 11 is 0. The number of nitrogens with one attached hydrogen (secondary N) is 1. The fourth-order valence-electron chi connectivity index (χ4n) is 2.74. The summed E-state index contributed by atoms with van der Waals surface area (Å²) in [5.41, 5.74) is 3.64. The summed E-state index contributed by atoms with van der Waals surface area (Å²) in [6.45, 7) is 6.32. The van der Waals surface area contributed by atoms with Gasteiger partial charge in [0.05, 0.1) is 6.20 Å². The third-order valence-electron chi connectivity index (χ3n) is 3.93. The third-order valence-corrected chi connectivity index (χ3v) is 3.93. The van der Waals surface area contributed by atoms with Gasteiger partial charge in [-0.1, -0.05) is 25.1 Å². The topological polar surface area (TPSA) is 53.9 Å². The molecule has 0 aliphatic carbocycles. The van der Waals surface area contributed by atoms with Gasteiger partial charge in [-0.15, -0.1) is 5.10 Å². The minimum Gasteiger partial charge on any atom is -0.339 e. The molecule has 21 heavy (non-hydrogen) atoms. The van der Waals surface area contributed by atoms with Gasteiger partial charge in [0.25, 0.3) is 0 Å². The van der Waals surface area contributed by atoms with Crippen LogP contribution in [0.1, 0.15) is 30.9 Å². The van der Waals surface area contributed by atoms with Crippen molar-refractivity contribution in [1.29, 1.82) is 0 Å². The number of anilines is 3. The van der Waals surface area contributed by atoms with Crippen LogP contribution >= 0.6 is 0 Å². The minimum absolute atomic E-state index is 0.726. The van der Waals surface area contributed by atoms with Gasteiger partial charge < -0.3 is 10.2 Å². The zero-order chi connectivity index (χ0) is 14.7. The van der Waals surface area contributed by atoms with E-state index in [0.717, 1.165) is 37.0 Å². The van der Waals surface area contributed by atoms with Crippen molar-refractivity contribution in [2.75, 3.05) is 23.3 Å². The highest BCUT2D eigenvalue weighted by Crippen LogP contribution is 2.25. The molecule has 0 radical (unpaired) electrons. The highest BCUT2D eigenvalue weighted by atomic mass is 15.3. The molecule has 1 fully saturated rings. The van der Waals surface area contributed by atoms with E-state index in [9.17, 15) is 0 Å². The van der Waals surface area contributed by atoms with Crippen LogP contribution in [0.2, 0.25) is 0 Å². The van der Waals surface area contributed by atoms with Gasteiger partial charge in [-0.3, -0.25) is 0 Å². The summed E-state index contributed by atoms with van der Waals surface area (Å²) in [5, 5.41) is 11.7. The van der Waals surface area contributed by atoms with E-state index in [-0.39, 0.29) is 0 Å². The first-order chi connectivity index (χ1) is 10.3. The van der Waals surface area contributed by atoms with Crippen LogP contribution in [0.4, 0.5) is 17.5 Å². The molecule has 1 N–H and O–H groups in total. The Labute approximate surface area is 125 Å². The molecule has 0 amide bonds. The Kier molecular flexibility index (Phi) is 3.99. The molecule has 1 aromatic carbocycles. The normalized spacial score (nSPS) is 14.5. The maximum absolute atomic E-state index is 4.61. The average molecular weight is 283 g/mol. The molecule has 5 heteroatoms. The van der Waals surface area contributed by atoms with Crippen molar-refractivity contribution < 1.29 is 0 Å². The molecule has 110 valence electrons. The number of hydrogen-bond acceptors (Lipinski definition) is 5. The first-order valence-electron chi connectivity index (χ1n) is 7.58. The number of para-hydroxylation sites is 1. The second-order valence-corrected chi connectivity index (χ2v) is 5.42. The molecule has 1 saturated heterocycles. The van der Waals surface area contributed by atoms with E-state index in [1.807, 2.05) is 0 Å². The van der Waals surface area contributed by atoms with Crippen molar-refractivity contribution in [3.05, 3.63) is 35.5 Å². The van der Waals surface area contributed by atoms with Crippen LogP contribution in [0.25, 0.3) is 0 Å². The molecular weight excluding hydrogens is 262 g/mol. The number of hydrogen-bond donors (Lipinski definition) is 1. The maximum Gasteiger partial charge on any atom is 0.247 e. The van der Waals surface area contributed by atoms with Gasteiger partial charge in [0.15, 0.2) is 5.82 Å². The highest BCUT2D eigenvalue weighted by molar-refractivity contribution is 5.64. The van der Waals surface area contributed by atoms with Gasteiger partial charge in [0.2, 0.25) is 5.95 Å². The van der Waals surface area contributed by atoms with Gasteiger partial charge in [-0.2, -0.15) is 10.1 Å². The summed E-state index contributed by atoms with van der Waals surface area (Å²) in [4.78, 5) is 6.80. The number of nitrogens with zero attached hydrogens (tertiary/aromatic N) is 4. The molecule has 3 rings (SSSR count). The van der Waals surface area contributed by atoms with E-state index in [1.165, 1.54) is 24.0 Å². The van der Waals surface area contributed by atoms with Crippen LogP contribution in [-0.4, -0.2) is 28.3 Å². The molecule has 1 aromatic heterocycles. The van der Waals surface area contributed by atoms with Crippen LogP contribution in [0.3, 0.4) is 0 Å². The van der Waals surface area contributed by atoms with Crippen molar-refractivity contribution >= 4 is 17.5 Å². The lowest BCUT2D eigenvalue weighted by molar-refractivity contribution is 0.852. The van der Waals surface area contributed by atoms with Crippen LogP contribution < -0.4 is 10.2 Å². The number of aryl methyl sites for hydroxylation is 2. The van der Waals surface area contributed by atoms with Crippen molar-refractivity contribution in [3.63, 3.8) is 0 Å². The van der Waals surface area contributed by atoms with E-state index in [2.05, 4.69) is 57.4 Å². The smallest absolute Gasteiger partial charge is 0.247 e. The second-order valence-electron chi connectivity index (χ2n) is 5.42. The first kappa shape index (κ1) is 13.8. The number of aromatic nitrogens is 3. The first-order valence-corrected chi connectivity index (χ1v) is 7.58. The lowest BCUT2D eigenvalue weighted by Gasteiger charge is -2.16. The van der Waals surface area contributed by atoms with E-state index >= 15 is 0 Å². The van der Waals surface area contributed by atoms with E-state index in [4.69, 9.17) is 0 Å². The lowest BCUT2D eigenvalue weighted by atomic mass is 10.1. The Balaban J connectivity index is 1.86. The molecule has 1 aliphatic heterocycles. The molecule has 0 atom stereocenters. The van der Waals surface area contributed by atoms with Crippen molar-refractivity contribution in [1.82, 2.24) is 15.2 Å². The van der Waals surface area contributed by atoms with Crippen LogP contribution in [0.15, 0.2) is 24.4 Å². The van der Waals surface area contributed by atoms with Crippen LogP contribution in [0, 0.1) is 6.92 Å². The third kappa shape index (κ3) is 2.96. The Morgan fingerprint density at radius 1 is 1.24 bits per heavy atom.